The molecule has 1 aromatic rings. The Kier molecular flexibility index (Phi) is 4.95. The van der Waals surface area contributed by atoms with E-state index in [0.717, 1.165) is 12.4 Å². The van der Waals surface area contributed by atoms with Crippen molar-refractivity contribution >= 4 is 22.9 Å². The minimum atomic E-state index is -0.105. The van der Waals surface area contributed by atoms with Crippen molar-refractivity contribution in [3.8, 4) is 0 Å². The van der Waals surface area contributed by atoms with E-state index >= 15 is 0 Å². The molecule has 0 unspecified atom stereocenters. The van der Waals surface area contributed by atoms with Gasteiger partial charge in [-0.1, -0.05) is 25.6 Å². The number of nitrogens with zero attached hydrogens (tertiary/aromatic N) is 4. The minimum Gasteiger partial charge on any atom is -0.370 e. The molecule has 1 heterocycles. The van der Waals surface area contributed by atoms with Crippen molar-refractivity contribution in [1.29, 1.82) is 5.41 Å². The van der Waals surface area contributed by atoms with Gasteiger partial charge in [-0.2, -0.15) is 10.1 Å². The fraction of sp³-hybridized carbons (Fsp3) is 0.556. The Morgan fingerprint density at radius 2 is 2.29 bits per heavy atom. The van der Waals surface area contributed by atoms with Gasteiger partial charge in [-0.15, -0.1) is 0 Å². The van der Waals surface area contributed by atoms with Crippen LogP contribution in [-0.4, -0.2) is 25.9 Å². The lowest BCUT2D eigenvalue weighted by molar-refractivity contribution is 0.472. The molecule has 1 rings (SSSR count). The average molecular weight is 255 g/mol. The summed E-state index contributed by atoms with van der Waals surface area (Å²) in [5.74, 6) is 1.74. The maximum absolute atomic E-state index is 7.49. The van der Waals surface area contributed by atoms with E-state index in [1.807, 2.05) is 4.68 Å². The van der Waals surface area contributed by atoms with E-state index in [2.05, 4.69) is 28.9 Å². The minimum absolute atomic E-state index is 0.0732. The Bertz CT molecular complexity index is 405. The summed E-state index contributed by atoms with van der Waals surface area (Å²) in [6.07, 6.45) is 1.52. The van der Waals surface area contributed by atoms with E-state index in [1.165, 1.54) is 18.1 Å². The zero-order valence-electron chi connectivity index (χ0n) is 9.92. The van der Waals surface area contributed by atoms with Crippen LogP contribution in [0.1, 0.15) is 19.7 Å². The topological polar surface area (TPSA) is 119 Å². The monoisotopic (exact) mass is 255 g/mol. The van der Waals surface area contributed by atoms with Gasteiger partial charge in [-0.25, -0.2) is 9.67 Å². The molecule has 5 N–H and O–H groups in total. The zero-order valence-corrected chi connectivity index (χ0v) is 10.7. The molecule has 0 aromatic carbocycles. The highest BCUT2D eigenvalue weighted by molar-refractivity contribution is 8.13. The van der Waals surface area contributed by atoms with E-state index in [4.69, 9.17) is 16.9 Å². The first-order valence-electron chi connectivity index (χ1n) is 5.16. The van der Waals surface area contributed by atoms with E-state index in [9.17, 15) is 0 Å². The second-order valence-corrected chi connectivity index (χ2v) is 4.85. The number of nitrogens with one attached hydrogen (secondary N) is 1. The lowest BCUT2D eigenvalue weighted by atomic mass is 10.2. The number of amidine groups is 1. The van der Waals surface area contributed by atoms with Gasteiger partial charge in [0.15, 0.2) is 11.1 Å². The summed E-state index contributed by atoms with van der Waals surface area (Å²) in [6, 6.07) is 0. The number of guanidine groups is 1. The summed E-state index contributed by atoms with van der Waals surface area (Å²) in [6.45, 7) is 5.03. The first-order valence-corrected chi connectivity index (χ1v) is 6.15. The molecule has 8 heteroatoms. The van der Waals surface area contributed by atoms with Gasteiger partial charge < -0.3 is 11.5 Å². The first-order chi connectivity index (χ1) is 7.99. The number of nitrogens with two attached hydrogens (primary N) is 2. The van der Waals surface area contributed by atoms with Crippen molar-refractivity contribution in [3.63, 3.8) is 0 Å². The second-order valence-electron chi connectivity index (χ2n) is 3.88. The fourth-order valence-corrected chi connectivity index (χ4v) is 1.84. The van der Waals surface area contributed by atoms with Crippen molar-refractivity contribution in [2.75, 3.05) is 0 Å². The molecule has 0 saturated carbocycles. The summed E-state index contributed by atoms with van der Waals surface area (Å²) in [4.78, 5) is 7.77. The van der Waals surface area contributed by atoms with Crippen LogP contribution in [0.2, 0.25) is 0 Å². The summed E-state index contributed by atoms with van der Waals surface area (Å²) >= 11 is 1.22. The third-order valence-corrected chi connectivity index (χ3v) is 2.57. The van der Waals surface area contributed by atoms with Crippen LogP contribution in [0.15, 0.2) is 11.3 Å². The maximum Gasteiger partial charge on any atom is 0.193 e. The second kappa shape index (κ2) is 6.24. The highest BCUT2D eigenvalue weighted by Gasteiger charge is 2.07. The lowest BCUT2D eigenvalue weighted by Crippen LogP contribution is -2.23. The summed E-state index contributed by atoms with van der Waals surface area (Å²) in [5, 5.41) is 11.7. The molecule has 0 aliphatic heterocycles. The summed E-state index contributed by atoms with van der Waals surface area (Å²) in [5.41, 5.74) is 10.4. The Hall–Kier alpha value is -1.57. The predicted octanol–water partition coefficient (Wildman–Crippen LogP) is 0.375. The molecule has 0 fully saturated rings. The van der Waals surface area contributed by atoms with Gasteiger partial charge in [-0.3, -0.25) is 5.41 Å². The molecule has 17 heavy (non-hydrogen) atoms. The Labute approximate surface area is 104 Å². The SMILES string of the molecule is CC(C)Cn1ncnc1CSC(=N)N=C(N)N. The molecule has 0 aliphatic rings. The van der Waals surface area contributed by atoms with E-state index in [1.54, 1.807) is 0 Å². The van der Waals surface area contributed by atoms with Crippen LogP contribution in [0.3, 0.4) is 0 Å². The van der Waals surface area contributed by atoms with Gasteiger partial charge in [0, 0.05) is 6.54 Å². The lowest BCUT2D eigenvalue weighted by Gasteiger charge is -2.07. The van der Waals surface area contributed by atoms with E-state index in [-0.39, 0.29) is 11.1 Å². The summed E-state index contributed by atoms with van der Waals surface area (Å²) < 4.78 is 1.83. The normalized spacial score (nSPS) is 10.5. The third kappa shape index (κ3) is 4.85. The van der Waals surface area contributed by atoms with Crippen molar-refractivity contribution < 1.29 is 0 Å². The number of thioether (sulfide) groups is 1. The third-order valence-electron chi connectivity index (χ3n) is 1.80. The van der Waals surface area contributed by atoms with Crippen molar-refractivity contribution in [2.45, 2.75) is 26.1 Å². The number of rotatable bonds is 4. The molecule has 94 valence electrons. The molecule has 0 atom stereocenters. The number of hydrogen-bond acceptors (Lipinski definition) is 4. The van der Waals surface area contributed by atoms with Gasteiger partial charge in [0.25, 0.3) is 0 Å². The number of aromatic nitrogens is 3. The largest absolute Gasteiger partial charge is 0.370 e. The van der Waals surface area contributed by atoms with Crippen LogP contribution < -0.4 is 11.5 Å². The predicted molar refractivity (Wildman–Crippen MR) is 69.7 cm³/mol. The molecule has 0 aliphatic carbocycles. The molecule has 0 amide bonds. The van der Waals surface area contributed by atoms with Crippen LogP contribution in [0.4, 0.5) is 0 Å². The molecule has 1 aromatic heterocycles. The van der Waals surface area contributed by atoms with Crippen LogP contribution in [0, 0.1) is 11.3 Å². The molecular weight excluding hydrogens is 238 g/mol. The van der Waals surface area contributed by atoms with Gasteiger partial charge in [-0.05, 0) is 5.92 Å². The Balaban J connectivity index is 2.55. The van der Waals surface area contributed by atoms with E-state index in [0.29, 0.717) is 11.7 Å². The Morgan fingerprint density at radius 3 is 2.88 bits per heavy atom. The molecule has 0 saturated heterocycles. The molecular formula is C9H17N7S. The molecule has 0 spiro atoms. The number of aliphatic imine (C=N–C) groups is 1. The molecule has 0 bridgehead atoms. The average Bonchev–Trinajstić information content (AvgIpc) is 2.60. The zero-order chi connectivity index (χ0) is 12.8. The maximum atomic E-state index is 7.49. The Morgan fingerprint density at radius 1 is 1.59 bits per heavy atom. The quantitative estimate of drug-likeness (QED) is 0.530. The summed E-state index contributed by atoms with van der Waals surface area (Å²) in [7, 11) is 0. The smallest absolute Gasteiger partial charge is 0.193 e. The van der Waals surface area contributed by atoms with Gasteiger partial charge in [0.1, 0.15) is 12.2 Å². The standard InChI is InChI=1S/C9H17N7S/c1-6(2)3-16-7(13-5-14-16)4-17-9(12)15-8(10)11/h5-6H,3-4H2,1-2H3,(H5,10,11,12,15). The molecule has 0 radical (unpaired) electrons. The highest BCUT2D eigenvalue weighted by Crippen LogP contribution is 2.12. The van der Waals surface area contributed by atoms with Crippen LogP contribution in [-0.2, 0) is 12.3 Å². The van der Waals surface area contributed by atoms with Gasteiger partial charge in [0.05, 0.1) is 5.75 Å². The molecule has 7 nitrogen and oxygen atoms in total. The van der Waals surface area contributed by atoms with Crippen LogP contribution >= 0.6 is 11.8 Å². The van der Waals surface area contributed by atoms with E-state index < -0.39 is 0 Å². The van der Waals surface area contributed by atoms with Gasteiger partial charge >= 0.3 is 0 Å². The van der Waals surface area contributed by atoms with Crippen molar-refractivity contribution in [3.05, 3.63) is 12.2 Å². The van der Waals surface area contributed by atoms with Crippen molar-refractivity contribution in [2.24, 2.45) is 22.4 Å². The highest BCUT2D eigenvalue weighted by atomic mass is 32.2. The van der Waals surface area contributed by atoms with Crippen LogP contribution in [0.25, 0.3) is 0 Å². The fourth-order valence-electron chi connectivity index (χ4n) is 1.18. The number of hydrogen-bond donors (Lipinski definition) is 3. The van der Waals surface area contributed by atoms with Gasteiger partial charge in [0.2, 0.25) is 0 Å². The first kappa shape index (κ1) is 13.5. The van der Waals surface area contributed by atoms with Crippen molar-refractivity contribution in [1.82, 2.24) is 14.8 Å². The van der Waals surface area contributed by atoms with Crippen LogP contribution in [0.5, 0.6) is 0 Å².